The molecule has 0 aliphatic carbocycles. The summed E-state index contributed by atoms with van der Waals surface area (Å²) in [7, 11) is -2.46. The van der Waals surface area contributed by atoms with Crippen molar-refractivity contribution < 1.29 is 32.4 Å². The van der Waals surface area contributed by atoms with Crippen molar-refractivity contribution in [3.63, 3.8) is 0 Å². The number of sulfonamides is 1. The number of rotatable bonds is 10. The monoisotopic (exact) mass is 479 g/mol. The molecule has 2 aromatic carbocycles. The number of nitro groups is 1. The van der Waals surface area contributed by atoms with Crippen molar-refractivity contribution >= 4 is 33.3 Å². The minimum Gasteiger partial charge on any atom is -0.490 e. The van der Waals surface area contributed by atoms with E-state index in [9.17, 15) is 28.1 Å². The van der Waals surface area contributed by atoms with E-state index in [4.69, 9.17) is 9.47 Å². The number of carbonyl (C=O) groups excluding carboxylic acids is 2. The third-order valence-electron chi connectivity index (χ3n) is 4.77. The van der Waals surface area contributed by atoms with Crippen LogP contribution in [0.1, 0.15) is 29.8 Å². The van der Waals surface area contributed by atoms with Gasteiger partial charge < -0.3 is 14.8 Å². The van der Waals surface area contributed by atoms with Gasteiger partial charge in [-0.25, -0.2) is 13.2 Å². The van der Waals surface area contributed by atoms with Gasteiger partial charge in [0.05, 0.1) is 22.5 Å². The molecule has 12 heteroatoms. The Labute approximate surface area is 191 Å². The Kier molecular flexibility index (Phi) is 8.49. The maximum absolute atomic E-state index is 12.7. The summed E-state index contributed by atoms with van der Waals surface area (Å²) in [4.78, 5) is 34.9. The second-order valence-electron chi connectivity index (χ2n) is 6.83. The number of esters is 1. The van der Waals surface area contributed by atoms with Crippen molar-refractivity contribution in [2.75, 3.05) is 32.1 Å². The molecular weight excluding hydrogens is 454 g/mol. The number of benzene rings is 2. The molecule has 0 saturated heterocycles. The van der Waals surface area contributed by atoms with Gasteiger partial charge in [-0.15, -0.1) is 0 Å². The van der Waals surface area contributed by atoms with Crippen LogP contribution in [-0.4, -0.2) is 56.3 Å². The molecule has 33 heavy (non-hydrogen) atoms. The number of ether oxygens (including phenoxy) is 2. The largest absolute Gasteiger partial charge is 0.490 e. The molecule has 0 aromatic heterocycles. The first-order chi connectivity index (χ1) is 15.5. The van der Waals surface area contributed by atoms with Crippen LogP contribution in [0.3, 0.4) is 0 Å². The van der Waals surface area contributed by atoms with Gasteiger partial charge in [-0.05, 0) is 36.8 Å². The number of carbonyl (C=O) groups is 2. The number of hydrogen-bond acceptors (Lipinski definition) is 8. The van der Waals surface area contributed by atoms with Crippen LogP contribution < -0.4 is 10.1 Å². The molecular formula is C21H25N3O8S. The second kappa shape index (κ2) is 10.9. The highest BCUT2D eigenvalue weighted by Crippen LogP contribution is 2.28. The van der Waals surface area contributed by atoms with Gasteiger partial charge >= 0.3 is 11.7 Å². The quantitative estimate of drug-likeness (QED) is 0.311. The van der Waals surface area contributed by atoms with Crippen molar-refractivity contribution in [2.45, 2.75) is 25.7 Å². The molecule has 0 unspecified atom stereocenters. The lowest BCUT2D eigenvalue weighted by Crippen LogP contribution is -2.30. The first-order valence-corrected chi connectivity index (χ1v) is 11.4. The molecule has 0 aliphatic heterocycles. The molecule has 0 atom stereocenters. The zero-order chi connectivity index (χ0) is 24.8. The van der Waals surface area contributed by atoms with Crippen molar-refractivity contribution in [3.8, 4) is 5.75 Å². The molecule has 11 nitrogen and oxygen atoms in total. The first kappa shape index (κ1) is 25.7. The van der Waals surface area contributed by atoms with Crippen LogP contribution in [0, 0.1) is 17.0 Å². The van der Waals surface area contributed by atoms with Gasteiger partial charge in [0.1, 0.15) is 0 Å². The lowest BCUT2D eigenvalue weighted by atomic mass is 10.2. The van der Waals surface area contributed by atoms with Crippen molar-refractivity contribution in [2.24, 2.45) is 0 Å². The number of aryl methyl sites for hydroxylation is 1. The van der Waals surface area contributed by atoms with Crippen LogP contribution in [0.5, 0.6) is 5.75 Å². The Morgan fingerprint density at radius 1 is 1.12 bits per heavy atom. The van der Waals surface area contributed by atoms with E-state index in [0.717, 1.165) is 6.07 Å². The lowest BCUT2D eigenvalue weighted by molar-refractivity contribution is -0.385. The third-order valence-corrected chi connectivity index (χ3v) is 6.82. The van der Waals surface area contributed by atoms with Crippen LogP contribution in [0.25, 0.3) is 0 Å². The molecule has 0 radical (unpaired) electrons. The van der Waals surface area contributed by atoms with Gasteiger partial charge in [0.2, 0.25) is 10.0 Å². The molecule has 2 aromatic rings. The average molecular weight is 480 g/mol. The summed E-state index contributed by atoms with van der Waals surface area (Å²) in [5, 5.41) is 13.6. The molecule has 2 rings (SSSR count). The van der Waals surface area contributed by atoms with E-state index < -0.39 is 39.1 Å². The van der Waals surface area contributed by atoms with Crippen LogP contribution in [0.2, 0.25) is 0 Å². The van der Waals surface area contributed by atoms with Crippen LogP contribution in [0.15, 0.2) is 41.3 Å². The maximum Gasteiger partial charge on any atom is 0.338 e. The fourth-order valence-corrected chi connectivity index (χ4v) is 4.45. The van der Waals surface area contributed by atoms with E-state index in [1.807, 2.05) is 0 Å². The zero-order valence-corrected chi connectivity index (χ0v) is 19.5. The number of nitro benzene ring substituents is 1. The van der Waals surface area contributed by atoms with E-state index in [1.165, 1.54) is 35.7 Å². The number of amides is 1. The molecule has 178 valence electrons. The Balaban J connectivity index is 2.12. The van der Waals surface area contributed by atoms with E-state index in [2.05, 4.69) is 5.32 Å². The molecule has 1 amide bonds. The van der Waals surface area contributed by atoms with E-state index >= 15 is 0 Å². The average Bonchev–Trinajstić information content (AvgIpc) is 2.78. The van der Waals surface area contributed by atoms with E-state index in [1.54, 1.807) is 26.8 Å². The zero-order valence-electron chi connectivity index (χ0n) is 18.7. The fourth-order valence-electron chi connectivity index (χ4n) is 2.97. The molecule has 0 saturated carbocycles. The van der Waals surface area contributed by atoms with Crippen LogP contribution in [0.4, 0.5) is 11.4 Å². The highest BCUT2D eigenvalue weighted by Gasteiger charge is 2.23. The van der Waals surface area contributed by atoms with Gasteiger partial charge in [0.25, 0.3) is 5.91 Å². The smallest absolute Gasteiger partial charge is 0.338 e. The Bertz CT molecular complexity index is 1160. The van der Waals surface area contributed by atoms with E-state index in [0.29, 0.717) is 18.7 Å². The van der Waals surface area contributed by atoms with Gasteiger partial charge in [0, 0.05) is 24.8 Å². The summed E-state index contributed by atoms with van der Waals surface area (Å²) in [5.41, 5.74) is 0.320. The molecule has 0 aliphatic rings. The number of hydrogen-bond donors (Lipinski definition) is 1. The number of nitrogens with one attached hydrogen (secondary N) is 1. The standard InChI is InChI=1S/C21H25N3O8S/c1-5-23(6-2)33(29,30)16-9-7-14(3)17(12-16)22-20(25)13-32-21(26)15-8-10-19(31-4)18(11-15)24(27)28/h7-12H,5-6,13H2,1-4H3,(H,22,25). The summed E-state index contributed by atoms with van der Waals surface area (Å²) in [6, 6.07) is 7.88. The molecule has 0 spiro atoms. The summed E-state index contributed by atoms with van der Waals surface area (Å²) in [6.07, 6.45) is 0. The molecule has 0 bridgehead atoms. The SMILES string of the molecule is CCN(CC)S(=O)(=O)c1ccc(C)c(NC(=O)COC(=O)c2ccc(OC)c([N+](=O)[O-])c2)c1. The van der Waals surface area contributed by atoms with Crippen LogP contribution >= 0.6 is 0 Å². The maximum atomic E-state index is 12.7. The fraction of sp³-hybridized carbons (Fsp3) is 0.333. The third kappa shape index (κ3) is 6.05. The van der Waals surface area contributed by atoms with Gasteiger partial charge in [-0.3, -0.25) is 14.9 Å². The van der Waals surface area contributed by atoms with E-state index in [-0.39, 0.29) is 21.9 Å². The minimum atomic E-state index is -3.72. The summed E-state index contributed by atoms with van der Waals surface area (Å²) < 4.78 is 36.6. The Hall–Kier alpha value is -3.51. The molecule has 0 heterocycles. The molecule has 1 N–H and O–H groups in total. The lowest BCUT2D eigenvalue weighted by Gasteiger charge is -2.19. The second-order valence-corrected chi connectivity index (χ2v) is 8.77. The van der Waals surface area contributed by atoms with Crippen molar-refractivity contribution in [3.05, 3.63) is 57.6 Å². The Morgan fingerprint density at radius 3 is 2.36 bits per heavy atom. The van der Waals surface area contributed by atoms with Gasteiger partial charge in [0.15, 0.2) is 12.4 Å². The van der Waals surface area contributed by atoms with Crippen molar-refractivity contribution in [1.82, 2.24) is 4.31 Å². The highest BCUT2D eigenvalue weighted by molar-refractivity contribution is 7.89. The number of nitrogens with zero attached hydrogens (tertiary/aromatic N) is 2. The first-order valence-electron chi connectivity index (χ1n) is 9.95. The van der Waals surface area contributed by atoms with Gasteiger partial charge in [-0.2, -0.15) is 4.31 Å². The highest BCUT2D eigenvalue weighted by atomic mass is 32.2. The van der Waals surface area contributed by atoms with Gasteiger partial charge in [-0.1, -0.05) is 19.9 Å². The Morgan fingerprint density at radius 2 is 1.79 bits per heavy atom. The predicted molar refractivity (Wildman–Crippen MR) is 120 cm³/mol. The predicted octanol–water partition coefficient (Wildman–Crippen LogP) is 2.74. The van der Waals surface area contributed by atoms with Crippen LogP contribution in [-0.2, 0) is 19.6 Å². The minimum absolute atomic E-state index is 0.0228. The normalized spacial score (nSPS) is 11.2. The molecule has 0 fully saturated rings. The number of anilines is 1. The summed E-state index contributed by atoms with van der Waals surface area (Å²) in [5.74, 6) is -1.67. The topological polar surface area (TPSA) is 145 Å². The van der Waals surface area contributed by atoms with Crippen molar-refractivity contribution in [1.29, 1.82) is 0 Å². The number of methoxy groups -OCH3 is 1. The summed E-state index contributed by atoms with van der Waals surface area (Å²) >= 11 is 0. The summed E-state index contributed by atoms with van der Waals surface area (Å²) in [6.45, 7) is 5.06.